The zero-order valence-electron chi connectivity index (χ0n) is 17.9. The maximum atomic E-state index is 12.8. The van der Waals surface area contributed by atoms with Gasteiger partial charge in [0.05, 0.1) is 34.9 Å². The fourth-order valence-electron chi connectivity index (χ4n) is 4.16. The van der Waals surface area contributed by atoms with Crippen molar-refractivity contribution in [3.05, 3.63) is 69.2 Å². The van der Waals surface area contributed by atoms with Gasteiger partial charge in [-0.1, -0.05) is 31.5 Å². The Balaban J connectivity index is 1.56. The van der Waals surface area contributed by atoms with Crippen LogP contribution >= 0.6 is 11.3 Å². The number of amides is 1. The molecule has 1 aliphatic rings. The molecule has 0 spiro atoms. The van der Waals surface area contributed by atoms with Gasteiger partial charge in [0.15, 0.2) is 5.78 Å². The SMILES string of the molecule is CC(=O)c1cc(CC(=O)NC2CC(C)(C)Cc3c2cnn3-c2ccc(C)cc2)cs1. The highest BCUT2D eigenvalue weighted by molar-refractivity contribution is 7.12. The second kappa shape index (κ2) is 7.84. The minimum atomic E-state index is -0.0682. The number of nitrogens with one attached hydrogen (secondary N) is 1. The van der Waals surface area contributed by atoms with Crippen LogP contribution in [0.25, 0.3) is 5.69 Å². The number of ketones is 1. The lowest BCUT2D eigenvalue weighted by atomic mass is 9.74. The Kier molecular flexibility index (Phi) is 5.36. The number of aromatic nitrogens is 2. The predicted octanol–water partition coefficient (Wildman–Crippen LogP) is 4.82. The van der Waals surface area contributed by atoms with Gasteiger partial charge in [-0.15, -0.1) is 11.3 Å². The minimum Gasteiger partial charge on any atom is -0.349 e. The molecular weight excluding hydrogens is 394 g/mol. The number of aryl methyl sites for hydroxylation is 1. The molecule has 0 fully saturated rings. The average Bonchev–Trinajstić information content (AvgIpc) is 3.29. The van der Waals surface area contributed by atoms with Gasteiger partial charge in [0.25, 0.3) is 0 Å². The summed E-state index contributed by atoms with van der Waals surface area (Å²) >= 11 is 1.39. The smallest absolute Gasteiger partial charge is 0.224 e. The Morgan fingerprint density at radius 3 is 2.67 bits per heavy atom. The fourth-order valence-corrected chi connectivity index (χ4v) is 4.98. The zero-order valence-corrected chi connectivity index (χ0v) is 18.7. The van der Waals surface area contributed by atoms with Gasteiger partial charge in [-0.2, -0.15) is 5.10 Å². The lowest BCUT2D eigenvalue weighted by Crippen LogP contribution is -2.37. The molecule has 0 radical (unpaired) electrons. The molecule has 156 valence electrons. The first-order valence-electron chi connectivity index (χ1n) is 10.2. The van der Waals surface area contributed by atoms with Crippen LogP contribution in [0.2, 0.25) is 0 Å². The lowest BCUT2D eigenvalue weighted by molar-refractivity contribution is -0.121. The summed E-state index contributed by atoms with van der Waals surface area (Å²) < 4.78 is 2.01. The highest BCUT2D eigenvalue weighted by Crippen LogP contribution is 2.41. The van der Waals surface area contributed by atoms with Gasteiger partial charge in [-0.3, -0.25) is 9.59 Å². The van der Waals surface area contributed by atoms with E-state index in [0.29, 0.717) is 4.88 Å². The lowest BCUT2D eigenvalue weighted by Gasteiger charge is -2.36. The topological polar surface area (TPSA) is 64.0 Å². The van der Waals surface area contributed by atoms with Crippen molar-refractivity contribution in [3.8, 4) is 5.69 Å². The second-order valence-corrected chi connectivity index (χ2v) is 9.92. The van der Waals surface area contributed by atoms with Gasteiger partial charge in [0.2, 0.25) is 5.91 Å². The summed E-state index contributed by atoms with van der Waals surface area (Å²) in [6.45, 7) is 8.09. The van der Waals surface area contributed by atoms with E-state index in [4.69, 9.17) is 0 Å². The van der Waals surface area contributed by atoms with Gasteiger partial charge in [0, 0.05) is 5.56 Å². The van der Waals surface area contributed by atoms with Gasteiger partial charge in [-0.05, 0) is 61.2 Å². The number of hydrogen-bond donors (Lipinski definition) is 1. The third-order valence-electron chi connectivity index (χ3n) is 5.66. The number of Topliss-reactive ketones (excluding diaryl/α,β-unsaturated/α-hetero) is 1. The molecular formula is C24H27N3O2S. The first-order valence-corrected chi connectivity index (χ1v) is 11.1. The van der Waals surface area contributed by atoms with Gasteiger partial charge in [-0.25, -0.2) is 4.68 Å². The van der Waals surface area contributed by atoms with Crippen LogP contribution in [0, 0.1) is 12.3 Å². The summed E-state index contributed by atoms with van der Waals surface area (Å²) in [4.78, 5) is 25.0. The van der Waals surface area contributed by atoms with Crippen LogP contribution in [0.15, 0.2) is 41.9 Å². The Morgan fingerprint density at radius 1 is 1.27 bits per heavy atom. The van der Waals surface area contributed by atoms with Crippen LogP contribution in [0.5, 0.6) is 0 Å². The molecule has 6 heteroatoms. The van der Waals surface area contributed by atoms with E-state index in [1.54, 1.807) is 6.92 Å². The van der Waals surface area contributed by atoms with E-state index in [1.807, 2.05) is 22.3 Å². The Hall–Kier alpha value is -2.73. The van der Waals surface area contributed by atoms with Crippen LogP contribution in [-0.4, -0.2) is 21.5 Å². The van der Waals surface area contributed by atoms with Crippen molar-refractivity contribution in [1.29, 1.82) is 0 Å². The number of hydrogen-bond acceptors (Lipinski definition) is 4. The zero-order chi connectivity index (χ0) is 21.5. The van der Waals surface area contributed by atoms with Crippen LogP contribution < -0.4 is 5.32 Å². The molecule has 0 bridgehead atoms. The van der Waals surface area contributed by atoms with Crippen molar-refractivity contribution in [1.82, 2.24) is 15.1 Å². The monoisotopic (exact) mass is 421 g/mol. The number of carbonyl (C=O) groups excluding carboxylic acids is 2. The molecule has 30 heavy (non-hydrogen) atoms. The van der Waals surface area contributed by atoms with Crippen molar-refractivity contribution in [2.75, 3.05) is 0 Å². The molecule has 2 aromatic heterocycles. The summed E-state index contributed by atoms with van der Waals surface area (Å²) in [6.07, 6.45) is 3.96. The third kappa shape index (κ3) is 4.24. The molecule has 1 aromatic carbocycles. The number of rotatable bonds is 5. The molecule has 1 unspecified atom stereocenters. The van der Waals surface area contributed by atoms with Crippen molar-refractivity contribution >= 4 is 23.0 Å². The van der Waals surface area contributed by atoms with Crippen LogP contribution in [-0.2, 0) is 17.6 Å². The van der Waals surface area contributed by atoms with Gasteiger partial charge < -0.3 is 5.32 Å². The first kappa shape index (κ1) is 20.5. The second-order valence-electron chi connectivity index (χ2n) is 9.01. The molecule has 2 heterocycles. The number of fused-ring (bicyclic) bond motifs is 1. The largest absolute Gasteiger partial charge is 0.349 e. The van der Waals surface area contributed by atoms with E-state index in [1.165, 1.54) is 16.9 Å². The third-order valence-corrected chi connectivity index (χ3v) is 6.74. The number of thiophene rings is 1. The summed E-state index contributed by atoms with van der Waals surface area (Å²) in [5.74, 6) is 0.00786. The molecule has 1 amide bonds. The minimum absolute atomic E-state index is 0.0281. The Bertz CT molecular complexity index is 1090. The van der Waals surface area contributed by atoms with Gasteiger partial charge >= 0.3 is 0 Å². The quantitative estimate of drug-likeness (QED) is 0.601. The maximum absolute atomic E-state index is 12.8. The Morgan fingerprint density at radius 2 is 2.00 bits per heavy atom. The van der Waals surface area contributed by atoms with Crippen LogP contribution in [0.3, 0.4) is 0 Å². The standard InChI is InChI=1S/C24H27N3O2S/c1-15-5-7-18(8-6-15)27-21-12-24(3,4)11-20(19(21)13-25-27)26-23(29)10-17-9-22(16(2)28)30-14-17/h5-9,13-14,20H,10-12H2,1-4H3,(H,26,29). The summed E-state index contributed by atoms with van der Waals surface area (Å²) in [7, 11) is 0. The van der Waals surface area contributed by atoms with Crippen LogP contribution in [0.4, 0.5) is 0 Å². The van der Waals surface area contributed by atoms with Crippen molar-refractivity contribution < 1.29 is 9.59 Å². The molecule has 0 saturated heterocycles. The molecule has 5 nitrogen and oxygen atoms in total. The molecule has 0 aliphatic heterocycles. The first-order chi connectivity index (χ1) is 14.2. The highest BCUT2D eigenvalue weighted by atomic mass is 32.1. The van der Waals surface area contributed by atoms with E-state index in [-0.39, 0.29) is 29.6 Å². The Labute approximate surface area is 181 Å². The van der Waals surface area contributed by atoms with Crippen molar-refractivity contribution in [2.45, 2.75) is 53.0 Å². The average molecular weight is 422 g/mol. The van der Waals surface area contributed by atoms with Crippen LogP contribution in [0.1, 0.15) is 65.3 Å². The van der Waals surface area contributed by atoms with E-state index in [0.717, 1.165) is 35.3 Å². The molecule has 4 rings (SSSR count). The summed E-state index contributed by atoms with van der Waals surface area (Å²) in [5.41, 5.74) is 5.45. The molecule has 3 aromatic rings. The van der Waals surface area contributed by atoms with Crippen molar-refractivity contribution in [3.63, 3.8) is 0 Å². The molecule has 1 N–H and O–H groups in total. The van der Waals surface area contributed by atoms with Crippen molar-refractivity contribution in [2.24, 2.45) is 5.41 Å². The van der Waals surface area contributed by atoms with Gasteiger partial charge in [0.1, 0.15) is 0 Å². The summed E-state index contributed by atoms with van der Waals surface area (Å²) in [6, 6.07) is 10.1. The molecule has 0 saturated carbocycles. The molecule has 1 aliphatic carbocycles. The predicted molar refractivity (Wildman–Crippen MR) is 119 cm³/mol. The number of carbonyl (C=O) groups is 2. The highest BCUT2D eigenvalue weighted by Gasteiger charge is 2.36. The summed E-state index contributed by atoms with van der Waals surface area (Å²) in [5, 5.41) is 9.77. The van der Waals surface area contributed by atoms with E-state index >= 15 is 0 Å². The normalized spacial score (nSPS) is 17.4. The van der Waals surface area contributed by atoms with E-state index in [2.05, 4.69) is 55.5 Å². The molecule has 1 atom stereocenters. The number of benzene rings is 1. The fraction of sp³-hybridized carbons (Fsp3) is 0.375. The van der Waals surface area contributed by atoms with E-state index in [9.17, 15) is 9.59 Å². The number of nitrogens with zero attached hydrogens (tertiary/aromatic N) is 2. The maximum Gasteiger partial charge on any atom is 0.224 e. The van der Waals surface area contributed by atoms with E-state index < -0.39 is 0 Å².